The molecule has 3 aromatic rings. The molecule has 0 aliphatic carbocycles. The van der Waals surface area contributed by atoms with Crippen LogP contribution in [-0.4, -0.2) is 0 Å². The van der Waals surface area contributed by atoms with Crippen molar-refractivity contribution in [3.63, 3.8) is 0 Å². The van der Waals surface area contributed by atoms with Crippen LogP contribution >= 0.6 is 11.6 Å². The molecule has 0 saturated heterocycles. The van der Waals surface area contributed by atoms with Crippen LogP contribution in [0, 0.1) is 6.92 Å². The van der Waals surface area contributed by atoms with Gasteiger partial charge in [-0.2, -0.15) is 0 Å². The Labute approximate surface area is 129 Å². The molecule has 0 amide bonds. The SMILES string of the molecule is C=C/C=C\c1oc2ccc(-c3ccc(Cl)cc3)cc2c1C. The van der Waals surface area contributed by atoms with Gasteiger partial charge in [-0.1, -0.05) is 48.5 Å². The molecular weight excluding hydrogens is 280 g/mol. The normalized spacial score (nSPS) is 11.3. The highest BCUT2D eigenvalue weighted by atomic mass is 35.5. The van der Waals surface area contributed by atoms with E-state index in [9.17, 15) is 0 Å². The summed E-state index contributed by atoms with van der Waals surface area (Å²) in [7, 11) is 0. The average Bonchev–Trinajstić information content (AvgIpc) is 2.82. The minimum atomic E-state index is 0.746. The summed E-state index contributed by atoms with van der Waals surface area (Å²) in [5.74, 6) is 0.873. The fraction of sp³-hybridized carbons (Fsp3) is 0.0526. The van der Waals surface area contributed by atoms with Crippen LogP contribution in [0.3, 0.4) is 0 Å². The van der Waals surface area contributed by atoms with E-state index in [2.05, 4.69) is 25.6 Å². The summed E-state index contributed by atoms with van der Waals surface area (Å²) < 4.78 is 5.86. The fourth-order valence-electron chi connectivity index (χ4n) is 2.38. The molecule has 2 heteroatoms. The zero-order valence-corrected chi connectivity index (χ0v) is 12.5. The molecule has 1 aromatic heterocycles. The van der Waals surface area contributed by atoms with Crippen LogP contribution in [0.15, 0.2) is 65.6 Å². The molecule has 21 heavy (non-hydrogen) atoms. The van der Waals surface area contributed by atoms with Crippen molar-refractivity contribution in [2.24, 2.45) is 0 Å². The van der Waals surface area contributed by atoms with Crippen molar-refractivity contribution in [3.05, 3.63) is 77.5 Å². The second-order valence-corrected chi connectivity index (χ2v) is 5.34. The van der Waals surface area contributed by atoms with E-state index in [0.29, 0.717) is 0 Å². The lowest BCUT2D eigenvalue weighted by molar-refractivity contribution is 0.601. The van der Waals surface area contributed by atoms with Gasteiger partial charge in [-0.25, -0.2) is 0 Å². The Morgan fingerprint density at radius 1 is 1.05 bits per heavy atom. The molecule has 2 aromatic carbocycles. The van der Waals surface area contributed by atoms with Crippen LogP contribution in [0.2, 0.25) is 5.02 Å². The van der Waals surface area contributed by atoms with Gasteiger partial charge >= 0.3 is 0 Å². The molecule has 0 unspecified atom stereocenters. The second kappa shape index (κ2) is 5.63. The largest absolute Gasteiger partial charge is 0.456 e. The van der Waals surface area contributed by atoms with Gasteiger partial charge < -0.3 is 4.42 Å². The predicted octanol–water partition coefficient (Wildman–Crippen LogP) is 6.26. The van der Waals surface area contributed by atoms with Crippen molar-refractivity contribution < 1.29 is 4.42 Å². The van der Waals surface area contributed by atoms with Crippen molar-refractivity contribution in [1.82, 2.24) is 0 Å². The van der Waals surface area contributed by atoms with Gasteiger partial charge in [0.1, 0.15) is 11.3 Å². The van der Waals surface area contributed by atoms with Gasteiger partial charge in [0, 0.05) is 16.0 Å². The predicted molar refractivity (Wildman–Crippen MR) is 90.6 cm³/mol. The Balaban J connectivity index is 2.11. The van der Waals surface area contributed by atoms with Crippen LogP contribution in [0.5, 0.6) is 0 Å². The van der Waals surface area contributed by atoms with E-state index in [1.54, 1.807) is 6.08 Å². The molecule has 0 aliphatic heterocycles. The van der Waals surface area contributed by atoms with Gasteiger partial charge in [-0.05, 0) is 48.4 Å². The quantitative estimate of drug-likeness (QED) is 0.520. The van der Waals surface area contributed by atoms with E-state index in [4.69, 9.17) is 16.0 Å². The summed E-state index contributed by atoms with van der Waals surface area (Å²) >= 11 is 5.94. The Morgan fingerprint density at radius 3 is 2.48 bits per heavy atom. The molecule has 1 nitrogen and oxygen atoms in total. The van der Waals surface area contributed by atoms with E-state index in [0.717, 1.165) is 38.4 Å². The first kappa shape index (κ1) is 13.7. The van der Waals surface area contributed by atoms with Gasteiger partial charge in [0.25, 0.3) is 0 Å². The number of hydrogen-bond donors (Lipinski definition) is 0. The zero-order valence-electron chi connectivity index (χ0n) is 11.8. The first-order valence-corrected chi connectivity index (χ1v) is 7.15. The topological polar surface area (TPSA) is 13.1 Å². The summed E-state index contributed by atoms with van der Waals surface area (Å²) in [6.07, 6.45) is 5.56. The van der Waals surface area contributed by atoms with Crippen LogP contribution < -0.4 is 0 Å². The van der Waals surface area contributed by atoms with E-state index in [1.807, 2.05) is 42.5 Å². The fourth-order valence-corrected chi connectivity index (χ4v) is 2.50. The minimum absolute atomic E-state index is 0.746. The Morgan fingerprint density at radius 2 is 1.76 bits per heavy atom. The number of aryl methyl sites for hydroxylation is 1. The van der Waals surface area contributed by atoms with E-state index in [-0.39, 0.29) is 0 Å². The van der Waals surface area contributed by atoms with Gasteiger partial charge in [0.05, 0.1) is 0 Å². The standard InChI is InChI=1S/C19H15ClO/c1-3-4-5-18-13(2)17-12-15(8-11-19(17)21-18)14-6-9-16(20)10-7-14/h3-12H,1H2,2H3/b5-4-. The van der Waals surface area contributed by atoms with Crippen LogP contribution in [0.4, 0.5) is 0 Å². The van der Waals surface area contributed by atoms with Crippen LogP contribution in [0.25, 0.3) is 28.2 Å². The highest BCUT2D eigenvalue weighted by molar-refractivity contribution is 6.30. The summed E-state index contributed by atoms with van der Waals surface area (Å²) in [6.45, 7) is 5.75. The van der Waals surface area contributed by atoms with Crippen molar-refractivity contribution in [3.8, 4) is 11.1 Å². The second-order valence-electron chi connectivity index (χ2n) is 4.90. The monoisotopic (exact) mass is 294 g/mol. The molecule has 0 spiro atoms. The highest BCUT2D eigenvalue weighted by Crippen LogP contribution is 2.31. The molecule has 1 heterocycles. The first-order chi connectivity index (χ1) is 10.2. The van der Waals surface area contributed by atoms with E-state index >= 15 is 0 Å². The Bertz CT molecular complexity index is 823. The zero-order chi connectivity index (χ0) is 14.8. The van der Waals surface area contributed by atoms with Gasteiger partial charge in [-0.15, -0.1) is 0 Å². The summed E-state index contributed by atoms with van der Waals surface area (Å²) in [5, 5.41) is 1.88. The number of rotatable bonds is 3. The third-order valence-electron chi connectivity index (χ3n) is 3.53. The molecule has 0 radical (unpaired) electrons. The molecular formula is C19H15ClO. The highest BCUT2D eigenvalue weighted by Gasteiger charge is 2.09. The maximum Gasteiger partial charge on any atom is 0.135 e. The number of furan rings is 1. The smallest absolute Gasteiger partial charge is 0.135 e. The molecule has 0 bridgehead atoms. The maximum absolute atomic E-state index is 5.94. The third kappa shape index (κ3) is 2.65. The summed E-state index contributed by atoms with van der Waals surface area (Å²) in [4.78, 5) is 0. The molecule has 0 atom stereocenters. The maximum atomic E-state index is 5.94. The Hall–Kier alpha value is -2.25. The third-order valence-corrected chi connectivity index (χ3v) is 3.79. The van der Waals surface area contributed by atoms with Crippen molar-refractivity contribution in [2.45, 2.75) is 6.92 Å². The minimum Gasteiger partial charge on any atom is -0.456 e. The lowest BCUT2D eigenvalue weighted by Gasteiger charge is -2.02. The molecule has 0 saturated carbocycles. The van der Waals surface area contributed by atoms with Gasteiger partial charge in [0.15, 0.2) is 0 Å². The van der Waals surface area contributed by atoms with Crippen molar-refractivity contribution >= 4 is 28.6 Å². The first-order valence-electron chi connectivity index (χ1n) is 6.77. The van der Waals surface area contributed by atoms with Crippen LogP contribution in [0.1, 0.15) is 11.3 Å². The molecule has 0 fully saturated rings. The summed E-state index contributed by atoms with van der Waals surface area (Å²) in [5.41, 5.74) is 4.33. The summed E-state index contributed by atoms with van der Waals surface area (Å²) in [6, 6.07) is 14.1. The van der Waals surface area contributed by atoms with Crippen molar-refractivity contribution in [1.29, 1.82) is 0 Å². The van der Waals surface area contributed by atoms with Crippen molar-refractivity contribution in [2.75, 3.05) is 0 Å². The number of hydrogen-bond acceptors (Lipinski definition) is 1. The number of fused-ring (bicyclic) bond motifs is 1. The van der Waals surface area contributed by atoms with E-state index in [1.165, 1.54) is 0 Å². The number of benzene rings is 2. The lowest BCUT2D eigenvalue weighted by atomic mass is 10.0. The number of halogens is 1. The molecule has 0 N–H and O–H groups in total. The molecule has 3 rings (SSSR count). The van der Waals surface area contributed by atoms with Gasteiger partial charge in [0.2, 0.25) is 0 Å². The number of allylic oxidation sites excluding steroid dienone is 2. The van der Waals surface area contributed by atoms with Gasteiger partial charge in [-0.3, -0.25) is 0 Å². The Kier molecular flexibility index (Phi) is 3.68. The van der Waals surface area contributed by atoms with E-state index < -0.39 is 0 Å². The van der Waals surface area contributed by atoms with Crippen LogP contribution in [-0.2, 0) is 0 Å². The molecule has 104 valence electrons. The average molecular weight is 295 g/mol. The molecule has 0 aliphatic rings. The lowest BCUT2D eigenvalue weighted by Crippen LogP contribution is -1.78.